The number of amides is 3. The number of benzene rings is 4. The van der Waals surface area contributed by atoms with E-state index in [2.05, 4.69) is 0 Å². The third kappa shape index (κ3) is 5.08. The molecule has 8 nitrogen and oxygen atoms in total. The number of hydrogen-bond acceptors (Lipinski definition) is 7. The van der Waals surface area contributed by atoms with E-state index >= 15 is 0 Å². The quantitative estimate of drug-likeness (QED) is 0.0757. The molecule has 11 heteroatoms. The fraction of sp³-hybridized carbons (Fsp3) is 0.132. The van der Waals surface area contributed by atoms with Gasteiger partial charge in [-0.1, -0.05) is 77.8 Å². The highest BCUT2D eigenvalue weighted by molar-refractivity contribution is 7.12. The molecular formula is C38H24Cl2N2O6S. The number of imide groups is 1. The van der Waals surface area contributed by atoms with Gasteiger partial charge in [-0.05, 0) is 76.2 Å². The van der Waals surface area contributed by atoms with Gasteiger partial charge in [0.2, 0.25) is 0 Å². The predicted octanol–water partition coefficient (Wildman–Crippen LogP) is 7.41. The maximum atomic E-state index is 14.5. The molecule has 4 aliphatic rings. The minimum atomic E-state index is -0.767. The monoisotopic (exact) mass is 706 g/mol. The number of ether oxygens (including phenoxy) is 1. The van der Waals surface area contributed by atoms with Gasteiger partial charge in [0.1, 0.15) is 17.2 Å². The third-order valence-corrected chi connectivity index (χ3v) is 11.1. The van der Waals surface area contributed by atoms with E-state index < -0.39 is 59.7 Å². The van der Waals surface area contributed by atoms with Crippen molar-refractivity contribution in [2.24, 2.45) is 11.8 Å². The molecule has 242 valence electrons. The normalized spacial score (nSPS) is 20.0. The summed E-state index contributed by atoms with van der Waals surface area (Å²) >= 11 is 13.6. The van der Waals surface area contributed by atoms with Crippen molar-refractivity contribution >= 4 is 64.0 Å². The largest absolute Gasteiger partial charge is 0.422 e. The number of carbonyl (C=O) groups excluding carboxylic acids is 5. The Balaban J connectivity index is 1.14. The summed E-state index contributed by atoms with van der Waals surface area (Å²) < 4.78 is 5.41. The van der Waals surface area contributed by atoms with E-state index in [0.717, 1.165) is 32.3 Å². The van der Waals surface area contributed by atoms with E-state index in [1.54, 1.807) is 17.5 Å². The summed E-state index contributed by atoms with van der Waals surface area (Å²) in [7, 11) is 0. The molecular weight excluding hydrogens is 683 g/mol. The van der Waals surface area contributed by atoms with Crippen molar-refractivity contribution in [1.29, 1.82) is 0 Å². The van der Waals surface area contributed by atoms with Crippen LogP contribution in [0.25, 0.3) is 0 Å². The molecule has 2 bridgehead atoms. The van der Waals surface area contributed by atoms with Gasteiger partial charge in [-0.2, -0.15) is 5.01 Å². The number of ketones is 1. The lowest BCUT2D eigenvalue weighted by atomic mass is 9.55. The molecule has 3 amide bonds. The van der Waals surface area contributed by atoms with E-state index in [0.29, 0.717) is 4.88 Å². The van der Waals surface area contributed by atoms with Crippen molar-refractivity contribution in [2.75, 3.05) is 6.54 Å². The SMILES string of the molecule is O=C(CN(C(=O)c1ccc(Cl)c(Cl)c1)N1C(=O)[C@H]2C3c4ccccc4C(c4ccccc43)[C@@H]2C1=O)c1ccc(OC(=O)c2cccs2)cc1. The number of thiophene rings is 1. The Kier molecular flexibility index (Phi) is 7.71. The topological polar surface area (TPSA) is 101 Å². The number of carbonyl (C=O) groups is 5. The van der Waals surface area contributed by atoms with E-state index in [-0.39, 0.29) is 26.9 Å². The molecule has 2 heterocycles. The van der Waals surface area contributed by atoms with Gasteiger partial charge in [-0.15, -0.1) is 11.3 Å². The fourth-order valence-corrected chi connectivity index (χ4v) is 8.30. The van der Waals surface area contributed by atoms with Gasteiger partial charge < -0.3 is 4.74 Å². The molecule has 4 aromatic carbocycles. The van der Waals surface area contributed by atoms with E-state index in [9.17, 15) is 24.0 Å². The van der Waals surface area contributed by atoms with E-state index in [1.165, 1.54) is 53.8 Å². The highest BCUT2D eigenvalue weighted by atomic mass is 35.5. The van der Waals surface area contributed by atoms with Gasteiger partial charge in [-0.3, -0.25) is 19.2 Å². The van der Waals surface area contributed by atoms with Crippen LogP contribution >= 0.6 is 34.5 Å². The smallest absolute Gasteiger partial charge is 0.353 e. The van der Waals surface area contributed by atoms with Crippen molar-refractivity contribution in [1.82, 2.24) is 10.0 Å². The number of hydrazine groups is 1. The molecule has 0 spiro atoms. The number of esters is 1. The summed E-state index contributed by atoms with van der Waals surface area (Å²) in [5, 5.41) is 3.86. The third-order valence-electron chi connectivity index (χ3n) is 9.47. The van der Waals surface area contributed by atoms with Crippen LogP contribution in [0.2, 0.25) is 10.0 Å². The first-order valence-electron chi connectivity index (χ1n) is 15.4. The summed E-state index contributed by atoms with van der Waals surface area (Å²) in [6.45, 7) is -0.625. The highest BCUT2D eigenvalue weighted by Crippen LogP contribution is 2.61. The molecule has 3 aliphatic carbocycles. The Morgan fingerprint density at radius 1 is 0.694 bits per heavy atom. The van der Waals surface area contributed by atoms with E-state index in [1.807, 2.05) is 48.5 Å². The van der Waals surface area contributed by atoms with Gasteiger partial charge in [0.15, 0.2) is 5.78 Å². The zero-order valence-electron chi connectivity index (χ0n) is 25.4. The van der Waals surface area contributed by atoms with Crippen molar-refractivity contribution in [3.8, 4) is 5.75 Å². The van der Waals surface area contributed by atoms with Crippen LogP contribution in [0.3, 0.4) is 0 Å². The first-order valence-corrected chi connectivity index (χ1v) is 17.1. The van der Waals surface area contributed by atoms with Crippen LogP contribution in [0.4, 0.5) is 0 Å². The minimum Gasteiger partial charge on any atom is -0.422 e. The Hall–Kier alpha value is -5.09. The lowest BCUT2D eigenvalue weighted by Gasteiger charge is -2.45. The lowest BCUT2D eigenvalue weighted by molar-refractivity contribution is -0.154. The maximum Gasteiger partial charge on any atom is 0.353 e. The number of hydrogen-bond donors (Lipinski definition) is 0. The molecule has 9 rings (SSSR count). The van der Waals surface area contributed by atoms with Gasteiger partial charge in [0, 0.05) is 23.0 Å². The Morgan fingerprint density at radius 3 is 1.76 bits per heavy atom. The Labute approximate surface area is 294 Å². The molecule has 0 radical (unpaired) electrons. The number of rotatable bonds is 7. The molecule has 0 saturated carbocycles. The minimum absolute atomic E-state index is 0.0445. The van der Waals surface area contributed by atoms with Crippen LogP contribution < -0.4 is 4.74 Å². The van der Waals surface area contributed by atoms with Crippen LogP contribution in [0.1, 0.15) is 64.5 Å². The summed E-state index contributed by atoms with van der Waals surface area (Å²) in [5.41, 5.74) is 4.15. The van der Waals surface area contributed by atoms with Crippen LogP contribution in [-0.2, 0) is 9.59 Å². The molecule has 1 saturated heterocycles. The second-order valence-electron chi connectivity index (χ2n) is 12.1. The standard InChI is InChI=1S/C38H24Cl2N2O6S/c39-27-16-13-21(18-28(27)40)35(44)41(19-29(43)20-11-14-22(15-12-20)48-38(47)30-10-5-17-49-30)42-36(45)33-31-23-6-1-2-7-24(23)32(34(33)37(42)46)26-9-4-3-8-25(26)31/h1-18,31-34H,19H2/t31?,32?,33-,34-/m0/s1. The molecule has 5 aromatic rings. The van der Waals surface area contributed by atoms with E-state index in [4.69, 9.17) is 27.9 Å². The van der Waals surface area contributed by atoms with Gasteiger partial charge in [0.25, 0.3) is 17.7 Å². The highest BCUT2D eigenvalue weighted by Gasteiger charge is 2.63. The molecule has 0 N–H and O–H groups in total. The zero-order chi connectivity index (χ0) is 34.0. The fourth-order valence-electron chi connectivity index (χ4n) is 7.40. The van der Waals surface area contributed by atoms with Gasteiger partial charge >= 0.3 is 5.97 Å². The summed E-state index contributed by atoms with van der Waals surface area (Å²) in [6.07, 6.45) is 0. The molecule has 1 aliphatic heterocycles. The first kappa shape index (κ1) is 31.2. The first-order chi connectivity index (χ1) is 23.7. The molecule has 1 aromatic heterocycles. The lowest BCUT2D eigenvalue weighted by Crippen LogP contribution is -2.52. The van der Waals surface area contributed by atoms with Crippen LogP contribution in [0.5, 0.6) is 5.75 Å². The molecule has 1 fully saturated rings. The summed E-state index contributed by atoms with van der Waals surface area (Å²) in [6, 6.07) is 29.1. The molecule has 2 atom stereocenters. The average molecular weight is 708 g/mol. The number of Topliss-reactive ketones (excluding diaryl/α,β-unsaturated/α-hetero) is 1. The Morgan fingerprint density at radius 2 is 1.24 bits per heavy atom. The second kappa shape index (κ2) is 12.1. The second-order valence-corrected chi connectivity index (χ2v) is 13.8. The maximum absolute atomic E-state index is 14.5. The average Bonchev–Trinajstić information content (AvgIpc) is 3.76. The van der Waals surface area contributed by atoms with Crippen molar-refractivity contribution < 1.29 is 28.7 Å². The summed E-state index contributed by atoms with van der Waals surface area (Å²) in [4.78, 5) is 69.9. The Bertz CT molecular complexity index is 2090. The van der Waals surface area contributed by atoms with Crippen LogP contribution in [0, 0.1) is 11.8 Å². The van der Waals surface area contributed by atoms with Crippen LogP contribution in [-0.4, -0.2) is 46.0 Å². The predicted molar refractivity (Wildman–Crippen MR) is 183 cm³/mol. The molecule has 0 unspecified atom stereocenters. The number of halogens is 2. The van der Waals surface area contributed by atoms with Gasteiger partial charge in [0.05, 0.1) is 21.9 Å². The van der Waals surface area contributed by atoms with Crippen molar-refractivity contribution in [2.45, 2.75) is 11.8 Å². The molecule has 49 heavy (non-hydrogen) atoms. The summed E-state index contributed by atoms with van der Waals surface area (Å²) in [5.74, 6) is -5.04. The zero-order valence-corrected chi connectivity index (χ0v) is 27.7. The number of nitrogens with zero attached hydrogens (tertiary/aromatic N) is 2. The van der Waals surface area contributed by atoms with Crippen molar-refractivity contribution in [3.05, 3.63) is 157 Å². The van der Waals surface area contributed by atoms with Gasteiger partial charge in [-0.25, -0.2) is 9.80 Å². The van der Waals surface area contributed by atoms with Crippen molar-refractivity contribution in [3.63, 3.8) is 0 Å². The van der Waals surface area contributed by atoms with Crippen LogP contribution in [0.15, 0.2) is 109 Å².